The van der Waals surface area contributed by atoms with Gasteiger partial charge in [-0.15, -0.1) is 0 Å². The zero-order valence-electron chi connectivity index (χ0n) is 12.6. The van der Waals surface area contributed by atoms with Crippen LogP contribution in [0.5, 0.6) is 0 Å². The Hall–Kier alpha value is -0.870. The van der Waals surface area contributed by atoms with Crippen LogP contribution < -0.4 is 5.32 Å². The minimum absolute atomic E-state index is 0.429. The number of aromatic nitrogens is 2. The van der Waals surface area contributed by atoms with E-state index in [1.54, 1.807) is 0 Å². The Bertz CT molecular complexity index is 398. The number of hydrogen-bond acceptors (Lipinski definition) is 3. The van der Waals surface area contributed by atoms with Crippen LogP contribution in [0.15, 0.2) is 18.5 Å². The van der Waals surface area contributed by atoms with Crippen molar-refractivity contribution in [2.45, 2.75) is 64.1 Å². The van der Waals surface area contributed by atoms with Crippen molar-refractivity contribution in [3.05, 3.63) is 18.5 Å². The van der Waals surface area contributed by atoms with E-state index >= 15 is 0 Å². The second-order valence-corrected chi connectivity index (χ2v) is 6.25. The molecule has 2 aliphatic rings. The maximum atomic E-state index is 6.00. The summed E-state index contributed by atoms with van der Waals surface area (Å²) in [5.74, 6) is 0. The van der Waals surface area contributed by atoms with Crippen molar-refractivity contribution in [2.24, 2.45) is 5.41 Å². The molecule has 1 N–H and O–H groups in total. The molecule has 1 aromatic heterocycles. The molecule has 2 fully saturated rings. The van der Waals surface area contributed by atoms with Crippen LogP contribution >= 0.6 is 0 Å². The lowest BCUT2D eigenvalue weighted by Crippen LogP contribution is -2.64. The van der Waals surface area contributed by atoms with E-state index in [9.17, 15) is 0 Å². The molecule has 0 amide bonds. The van der Waals surface area contributed by atoms with Crippen LogP contribution in [0.4, 0.5) is 0 Å². The zero-order chi connectivity index (χ0) is 13.8. The molecule has 0 radical (unpaired) electrons. The molecule has 4 heteroatoms. The molecule has 0 saturated heterocycles. The van der Waals surface area contributed by atoms with Crippen LogP contribution in [0.2, 0.25) is 0 Å². The van der Waals surface area contributed by atoms with Crippen LogP contribution in [0, 0.1) is 5.41 Å². The largest absolute Gasteiger partial charge is 0.378 e. The summed E-state index contributed by atoms with van der Waals surface area (Å²) in [6.07, 6.45) is 12.4. The molecule has 2 saturated carbocycles. The third-order valence-electron chi connectivity index (χ3n) is 5.23. The monoisotopic (exact) mass is 277 g/mol. The molecule has 20 heavy (non-hydrogen) atoms. The van der Waals surface area contributed by atoms with E-state index in [1.165, 1.54) is 38.5 Å². The van der Waals surface area contributed by atoms with Gasteiger partial charge in [-0.05, 0) is 32.3 Å². The summed E-state index contributed by atoms with van der Waals surface area (Å²) >= 11 is 0. The molecule has 1 spiro atoms. The predicted molar refractivity (Wildman–Crippen MR) is 79.6 cm³/mol. The highest BCUT2D eigenvalue weighted by molar-refractivity contribution is 5.08. The molecule has 2 atom stereocenters. The SMILES string of the molecule is CCOC1CC(NCCn2cccn2)C12CCCCC2. The predicted octanol–water partition coefficient (Wildman–Crippen LogP) is 2.60. The van der Waals surface area contributed by atoms with Crippen molar-refractivity contribution in [1.82, 2.24) is 15.1 Å². The lowest BCUT2D eigenvalue weighted by molar-refractivity contribution is -0.149. The standard InChI is InChI=1S/C16H27N3O/c1-2-20-15-13-14(16(15)7-4-3-5-8-16)17-10-12-19-11-6-9-18-19/h6,9,11,14-15,17H,2-5,7-8,10,12-13H2,1H3. The minimum atomic E-state index is 0.429. The first-order valence-electron chi connectivity index (χ1n) is 8.17. The summed E-state index contributed by atoms with van der Waals surface area (Å²) in [5, 5.41) is 8.02. The third kappa shape index (κ3) is 2.63. The summed E-state index contributed by atoms with van der Waals surface area (Å²) in [6.45, 7) is 4.94. The summed E-state index contributed by atoms with van der Waals surface area (Å²) in [7, 11) is 0. The Morgan fingerprint density at radius 1 is 1.35 bits per heavy atom. The first kappa shape index (κ1) is 14.1. The molecule has 2 unspecified atom stereocenters. The Kier molecular flexibility index (Phi) is 4.41. The first-order chi connectivity index (χ1) is 9.85. The van der Waals surface area contributed by atoms with Crippen LogP contribution in [0.3, 0.4) is 0 Å². The summed E-state index contributed by atoms with van der Waals surface area (Å²) in [5.41, 5.74) is 0.429. The van der Waals surface area contributed by atoms with Gasteiger partial charge in [-0.3, -0.25) is 4.68 Å². The Morgan fingerprint density at radius 2 is 2.20 bits per heavy atom. The van der Waals surface area contributed by atoms with E-state index in [2.05, 4.69) is 17.3 Å². The van der Waals surface area contributed by atoms with Crippen molar-refractivity contribution >= 4 is 0 Å². The number of nitrogens with zero attached hydrogens (tertiary/aromatic N) is 2. The van der Waals surface area contributed by atoms with Gasteiger partial charge in [-0.2, -0.15) is 5.10 Å². The minimum Gasteiger partial charge on any atom is -0.378 e. The zero-order valence-corrected chi connectivity index (χ0v) is 12.6. The molecule has 3 rings (SSSR count). The molecule has 0 bridgehead atoms. The average Bonchev–Trinajstić information content (AvgIpc) is 3.00. The number of rotatable bonds is 6. The van der Waals surface area contributed by atoms with E-state index in [-0.39, 0.29) is 0 Å². The Balaban J connectivity index is 1.53. The number of hydrogen-bond donors (Lipinski definition) is 1. The fourth-order valence-corrected chi connectivity index (χ4v) is 4.14. The van der Waals surface area contributed by atoms with E-state index in [1.807, 2.05) is 23.1 Å². The van der Waals surface area contributed by atoms with Gasteiger partial charge >= 0.3 is 0 Å². The lowest BCUT2D eigenvalue weighted by Gasteiger charge is -2.58. The van der Waals surface area contributed by atoms with Gasteiger partial charge in [-0.25, -0.2) is 0 Å². The molecule has 112 valence electrons. The van der Waals surface area contributed by atoms with Gasteiger partial charge in [0.1, 0.15) is 0 Å². The fraction of sp³-hybridized carbons (Fsp3) is 0.812. The molecule has 2 aliphatic carbocycles. The molecule has 4 nitrogen and oxygen atoms in total. The molecule has 0 aromatic carbocycles. The third-order valence-corrected chi connectivity index (χ3v) is 5.23. The summed E-state index contributed by atoms with van der Waals surface area (Å²) < 4.78 is 8.00. The maximum absolute atomic E-state index is 6.00. The van der Waals surface area contributed by atoms with Gasteiger partial charge < -0.3 is 10.1 Å². The van der Waals surface area contributed by atoms with E-state index < -0.39 is 0 Å². The van der Waals surface area contributed by atoms with Crippen molar-refractivity contribution in [2.75, 3.05) is 13.2 Å². The van der Waals surface area contributed by atoms with Gasteiger partial charge in [0, 0.05) is 37.0 Å². The van der Waals surface area contributed by atoms with Gasteiger partial charge in [0.05, 0.1) is 12.6 Å². The van der Waals surface area contributed by atoms with Crippen LogP contribution in [-0.4, -0.2) is 35.1 Å². The highest BCUT2D eigenvalue weighted by Crippen LogP contribution is 2.53. The quantitative estimate of drug-likeness (QED) is 0.868. The Labute approximate surface area is 121 Å². The number of ether oxygens (including phenoxy) is 1. The highest BCUT2D eigenvalue weighted by Gasteiger charge is 2.55. The van der Waals surface area contributed by atoms with Gasteiger partial charge in [-0.1, -0.05) is 19.3 Å². The van der Waals surface area contributed by atoms with Crippen LogP contribution in [0.25, 0.3) is 0 Å². The smallest absolute Gasteiger partial charge is 0.0661 e. The molecular weight excluding hydrogens is 250 g/mol. The summed E-state index contributed by atoms with van der Waals surface area (Å²) in [6, 6.07) is 2.63. The van der Waals surface area contributed by atoms with Crippen molar-refractivity contribution in [3.8, 4) is 0 Å². The molecule has 0 aliphatic heterocycles. The van der Waals surface area contributed by atoms with Crippen molar-refractivity contribution in [3.63, 3.8) is 0 Å². The van der Waals surface area contributed by atoms with E-state index in [4.69, 9.17) is 4.74 Å². The van der Waals surface area contributed by atoms with Crippen molar-refractivity contribution in [1.29, 1.82) is 0 Å². The van der Waals surface area contributed by atoms with E-state index in [0.717, 1.165) is 19.7 Å². The first-order valence-corrected chi connectivity index (χ1v) is 8.17. The highest BCUT2D eigenvalue weighted by atomic mass is 16.5. The van der Waals surface area contributed by atoms with E-state index in [0.29, 0.717) is 17.6 Å². The second kappa shape index (κ2) is 6.27. The number of nitrogens with one attached hydrogen (secondary N) is 1. The maximum Gasteiger partial charge on any atom is 0.0661 e. The van der Waals surface area contributed by atoms with Crippen LogP contribution in [-0.2, 0) is 11.3 Å². The average molecular weight is 277 g/mol. The van der Waals surface area contributed by atoms with Gasteiger partial charge in [0.2, 0.25) is 0 Å². The van der Waals surface area contributed by atoms with Gasteiger partial charge in [0.15, 0.2) is 0 Å². The second-order valence-electron chi connectivity index (χ2n) is 6.25. The normalized spacial score (nSPS) is 28.4. The van der Waals surface area contributed by atoms with Crippen LogP contribution in [0.1, 0.15) is 45.4 Å². The van der Waals surface area contributed by atoms with Crippen molar-refractivity contribution < 1.29 is 4.74 Å². The fourth-order valence-electron chi connectivity index (χ4n) is 4.14. The molecular formula is C16H27N3O. The van der Waals surface area contributed by atoms with Gasteiger partial charge in [0.25, 0.3) is 0 Å². The summed E-state index contributed by atoms with van der Waals surface area (Å²) in [4.78, 5) is 0. The topological polar surface area (TPSA) is 39.1 Å². The molecule has 1 aromatic rings. The molecule has 1 heterocycles. The Morgan fingerprint density at radius 3 is 2.90 bits per heavy atom. The lowest BCUT2D eigenvalue weighted by atomic mass is 9.55.